The standard InChI is InChI=1S/C26H25NO4S/c1-18-11-13-20(14-12-18)32(30,31)27-16-15-23-24(17-25(28)19-7-3-2-4-8-19)21-9-5-6-10-22(21)26(23)29/h2-14,23-24,27H,15-17H2,1H3/t23-,24-/m0/s1. The molecule has 0 heterocycles. The number of hydrogen-bond donors (Lipinski definition) is 1. The molecule has 0 saturated carbocycles. The van der Waals surface area contributed by atoms with Gasteiger partial charge in [-0.25, -0.2) is 13.1 Å². The lowest BCUT2D eigenvalue weighted by Gasteiger charge is -2.19. The van der Waals surface area contributed by atoms with Crippen molar-refractivity contribution in [3.05, 3.63) is 101 Å². The highest BCUT2D eigenvalue weighted by Crippen LogP contribution is 2.42. The minimum atomic E-state index is -3.67. The van der Waals surface area contributed by atoms with Gasteiger partial charge in [-0.3, -0.25) is 9.59 Å². The molecule has 32 heavy (non-hydrogen) atoms. The number of fused-ring (bicyclic) bond motifs is 1. The third-order valence-corrected chi connectivity index (χ3v) is 7.50. The summed E-state index contributed by atoms with van der Waals surface area (Å²) in [6, 6.07) is 23.0. The molecule has 0 saturated heterocycles. The molecule has 2 atom stereocenters. The molecule has 1 N–H and O–H groups in total. The van der Waals surface area contributed by atoms with Crippen molar-refractivity contribution < 1.29 is 18.0 Å². The molecule has 0 aliphatic heterocycles. The van der Waals surface area contributed by atoms with Gasteiger partial charge in [-0.15, -0.1) is 0 Å². The Morgan fingerprint density at radius 1 is 0.875 bits per heavy atom. The fourth-order valence-corrected chi connectivity index (χ4v) is 5.37. The van der Waals surface area contributed by atoms with Crippen molar-refractivity contribution in [2.24, 2.45) is 5.92 Å². The van der Waals surface area contributed by atoms with Crippen molar-refractivity contribution in [2.75, 3.05) is 6.54 Å². The van der Waals surface area contributed by atoms with Gasteiger partial charge < -0.3 is 0 Å². The number of rotatable bonds is 8. The Morgan fingerprint density at radius 2 is 1.53 bits per heavy atom. The molecule has 6 heteroatoms. The summed E-state index contributed by atoms with van der Waals surface area (Å²) < 4.78 is 27.8. The zero-order valence-corrected chi connectivity index (χ0v) is 18.6. The van der Waals surface area contributed by atoms with Gasteiger partial charge in [0.25, 0.3) is 0 Å². The Balaban J connectivity index is 1.50. The number of sulfonamides is 1. The van der Waals surface area contributed by atoms with Gasteiger partial charge in [0, 0.05) is 35.9 Å². The monoisotopic (exact) mass is 447 g/mol. The Bertz CT molecular complexity index is 1230. The molecule has 0 bridgehead atoms. The van der Waals surface area contributed by atoms with Gasteiger partial charge in [-0.05, 0) is 31.0 Å². The Hall–Kier alpha value is -3.09. The first kappa shape index (κ1) is 22.1. The lowest BCUT2D eigenvalue weighted by atomic mass is 9.84. The molecule has 3 aromatic rings. The molecular formula is C26H25NO4S. The topological polar surface area (TPSA) is 80.3 Å². The van der Waals surface area contributed by atoms with E-state index in [4.69, 9.17) is 0 Å². The van der Waals surface area contributed by atoms with Crippen LogP contribution in [0.5, 0.6) is 0 Å². The highest BCUT2D eigenvalue weighted by Gasteiger charge is 2.40. The van der Waals surface area contributed by atoms with Crippen molar-refractivity contribution in [3.8, 4) is 0 Å². The van der Waals surface area contributed by atoms with Crippen molar-refractivity contribution >= 4 is 21.6 Å². The summed E-state index contributed by atoms with van der Waals surface area (Å²) in [7, 11) is -3.67. The van der Waals surface area contributed by atoms with Crippen LogP contribution in [0.25, 0.3) is 0 Å². The smallest absolute Gasteiger partial charge is 0.240 e. The second-order valence-electron chi connectivity index (χ2n) is 8.16. The fraction of sp³-hybridized carbons (Fsp3) is 0.231. The fourth-order valence-electron chi connectivity index (χ4n) is 4.32. The summed E-state index contributed by atoms with van der Waals surface area (Å²) in [6.45, 7) is 2.01. The first-order valence-electron chi connectivity index (χ1n) is 10.6. The molecule has 0 fully saturated rings. The molecule has 3 aromatic carbocycles. The number of Topliss-reactive ketones (excluding diaryl/α,β-unsaturated/α-hetero) is 2. The second-order valence-corrected chi connectivity index (χ2v) is 9.92. The van der Waals surface area contributed by atoms with Crippen molar-refractivity contribution in [3.63, 3.8) is 0 Å². The predicted molar refractivity (Wildman–Crippen MR) is 123 cm³/mol. The third kappa shape index (κ3) is 4.56. The van der Waals surface area contributed by atoms with E-state index in [2.05, 4.69) is 4.72 Å². The summed E-state index contributed by atoms with van der Waals surface area (Å²) in [5.41, 5.74) is 3.09. The minimum Gasteiger partial charge on any atom is -0.294 e. The van der Waals surface area contributed by atoms with E-state index in [9.17, 15) is 18.0 Å². The van der Waals surface area contributed by atoms with Gasteiger partial charge in [0.05, 0.1) is 4.90 Å². The van der Waals surface area contributed by atoms with Crippen LogP contribution in [0.3, 0.4) is 0 Å². The number of ketones is 2. The molecule has 0 aromatic heterocycles. The Kier molecular flexibility index (Phi) is 6.35. The van der Waals surface area contributed by atoms with Crippen LogP contribution in [0, 0.1) is 12.8 Å². The van der Waals surface area contributed by atoms with Crippen LogP contribution in [-0.4, -0.2) is 26.5 Å². The zero-order chi connectivity index (χ0) is 22.7. The van der Waals surface area contributed by atoms with Gasteiger partial charge in [0.1, 0.15) is 0 Å². The van der Waals surface area contributed by atoms with E-state index in [0.29, 0.717) is 17.5 Å². The van der Waals surface area contributed by atoms with E-state index in [1.807, 2.05) is 43.3 Å². The largest absolute Gasteiger partial charge is 0.294 e. The van der Waals surface area contributed by atoms with Crippen LogP contribution in [0.15, 0.2) is 83.8 Å². The van der Waals surface area contributed by atoms with Crippen LogP contribution in [0.1, 0.15) is 50.6 Å². The van der Waals surface area contributed by atoms with Crippen LogP contribution >= 0.6 is 0 Å². The van der Waals surface area contributed by atoms with E-state index < -0.39 is 15.9 Å². The lowest BCUT2D eigenvalue weighted by Crippen LogP contribution is -2.28. The van der Waals surface area contributed by atoms with Crippen LogP contribution in [-0.2, 0) is 10.0 Å². The maximum absolute atomic E-state index is 13.1. The number of hydrogen-bond acceptors (Lipinski definition) is 4. The SMILES string of the molecule is Cc1ccc(S(=O)(=O)NCC[C@@H]2C(=O)c3ccccc3[C@@H]2CC(=O)c2ccccc2)cc1. The summed E-state index contributed by atoms with van der Waals surface area (Å²) >= 11 is 0. The summed E-state index contributed by atoms with van der Waals surface area (Å²) in [5.74, 6) is -0.762. The zero-order valence-electron chi connectivity index (χ0n) is 17.8. The molecule has 1 aliphatic rings. The molecule has 0 spiro atoms. The normalized spacial score (nSPS) is 17.8. The molecule has 4 rings (SSSR count). The van der Waals surface area contributed by atoms with Crippen LogP contribution < -0.4 is 4.72 Å². The van der Waals surface area contributed by atoms with E-state index >= 15 is 0 Å². The van der Waals surface area contributed by atoms with Gasteiger partial charge in [0.2, 0.25) is 10.0 Å². The van der Waals surface area contributed by atoms with Crippen molar-refractivity contribution in [1.82, 2.24) is 4.72 Å². The Labute approximate surface area is 188 Å². The minimum absolute atomic E-state index is 0.0228. The molecular weight excluding hydrogens is 422 g/mol. The van der Waals surface area contributed by atoms with Gasteiger partial charge in [-0.1, -0.05) is 72.3 Å². The first-order valence-corrected chi connectivity index (χ1v) is 12.1. The number of carbonyl (C=O) groups excluding carboxylic acids is 2. The summed E-state index contributed by atoms with van der Waals surface area (Å²) in [6.07, 6.45) is 0.535. The van der Waals surface area contributed by atoms with Gasteiger partial charge in [0.15, 0.2) is 11.6 Å². The third-order valence-electron chi connectivity index (χ3n) is 6.03. The molecule has 0 amide bonds. The van der Waals surface area contributed by atoms with Crippen molar-refractivity contribution in [2.45, 2.75) is 30.6 Å². The molecule has 1 aliphatic carbocycles. The molecule has 0 radical (unpaired) electrons. The first-order chi connectivity index (χ1) is 15.4. The quantitative estimate of drug-likeness (QED) is 0.515. The maximum atomic E-state index is 13.1. The van der Waals surface area contributed by atoms with E-state index in [1.54, 1.807) is 42.5 Å². The summed E-state index contributed by atoms with van der Waals surface area (Å²) in [5, 5.41) is 0. The lowest BCUT2D eigenvalue weighted by molar-refractivity contribution is 0.0896. The summed E-state index contributed by atoms with van der Waals surface area (Å²) in [4.78, 5) is 26.2. The van der Waals surface area contributed by atoms with Gasteiger partial charge in [-0.2, -0.15) is 0 Å². The molecule has 5 nitrogen and oxygen atoms in total. The second kappa shape index (κ2) is 9.18. The molecule has 164 valence electrons. The van der Waals surface area contributed by atoms with Crippen molar-refractivity contribution in [1.29, 1.82) is 0 Å². The Morgan fingerprint density at radius 3 is 2.25 bits per heavy atom. The van der Waals surface area contributed by atoms with Gasteiger partial charge >= 0.3 is 0 Å². The highest BCUT2D eigenvalue weighted by molar-refractivity contribution is 7.89. The average molecular weight is 448 g/mol. The maximum Gasteiger partial charge on any atom is 0.240 e. The number of carbonyl (C=O) groups is 2. The van der Waals surface area contributed by atoms with E-state index in [-0.39, 0.29) is 35.3 Å². The number of nitrogens with one attached hydrogen (secondary N) is 1. The van der Waals surface area contributed by atoms with Crippen LogP contribution in [0.4, 0.5) is 0 Å². The van der Waals surface area contributed by atoms with E-state index in [0.717, 1.165) is 11.1 Å². The van der Waals surface area contributed by atoms with Crippen LogP contribution in [0.2, 0.25) is 0 Å². The highest BCUT2D eigenvalue weighted by atomic mass is 32.2. The molecule has 0 unspecified atom stereocenters. The number of benzene rings is 3. The average Bonchev–Trinajstić information content (AvgIpc) is 3.06. The predicted octanol–water partition coefficient (Wildman–Crippen LogP) is 4.53. The van der Waals surface area contributed by atoms with E-state index in [1.165, 1.54) is 0 Å². The number of aryl methyl sites for hydroxylation is 1.